The van der Waals surface area contributed by atoms with E-state index in [1.165, 1.54) is 0 Å². The van der Waals surface area contributed by atoms with Gasteiger partial charge in [-0.25, -0.2) is 0 Å². The Balaban J connectivity index is 2.43. The molecular formula is C12H25N3O. The monoisotopic (exact) mass is 227 g/mol. The molecule has 1 rings (SSSR count). The summed E-state index contributed by atoms with van der Waals surface area (Å²) >= 11 is 0. The molecule has 0 saturated heterocycles. The predicted molar refractivity (Wildman–Crippen MR) is 67.6 cm³/mol. The van der Waals surface area contributed by atoms with Crippen molar-refractivity contribution in [2.75, 3.05) is 19.6 Å². The molecule has 0 radical (unpaired) electrons. The van der Waals surface area contributed by atoms with E-state index in [9.17, 15) is 5.11 Å². The quantitative estimate of drug-likeness (QED) is 0.671. The van der Waals surface area contributed by atoms with Crippen molar-refractivity contribution in [1.82, 2.24) is 10.6 Å². The molecule has 0 fully saturated rings. The molecule has 4 nitrogen and oxygen atoms in total. The third-order valence-electron chi connectivity index (χ3n) is 3.04. The summed E-state index contributed by atoms with van der Waals surface area (Å²) in [7, 11) is 0. The first-order valence-corrected chi connectivity index (χ1v) is 6.14. The Labute approximate surface area is 98.5 Å². The van der Waals surface area contributed by atoms with E-state index >= 15 is 0 Å². The zero-order chi connectivity index (χ0) is 12.2. The number of aliphatic hydroxyl groups excluding tert-OH is 1. The second-order valence-corrected chi connectivity index (χ2v) is 5.54. The lowest BCUT2D eigenvalue weighted by atomic mass is 9.81. The first-order valence-electron chi connectivity index (χ1n) is 6.14. The van der Waals surface area contributed by atoms with Crippen molar-refractivity contribution in [3.05, 3.63) is 0 Å². The molecule has 1 aliphatic rings. The second-order valence-electron chi connectivity index (χ2n) is 5.54. The number of hydrogen-bond acceptors (Lipinski definition) is 4. The summed E-state index contributed by atoms with van der Waals surface area (Å²) in [6.45, 7) is 10.9. The van der Waals surface area contributed by atoms with Gasteiger partial charge in [0.2, 0.25) is 0 Å². The summed E-state index contributed by atoms with van der Waals surface area (Å²) in [5, 5.41) is 16.6. The lowest BCUT2D eigenvalue weighted by molar-refractivity contribution is 0.0160. The molecule has 1 atom stereocenters. The van der Waals surface area contributed by atoms with Gasteiger partial charge in [-0.2, -0.15) is 0 Å². The second kappa shape index (κ2) is 5.53. The van der Waals surface area contributed by atoms with Crippen LogP contribution in [-0.4, -0.2) is 36.8 Å². The van der Waals surface area contributed by atoms with E-state index in [1.54, 1.807) is 0 Å². The Kier molecular flexibility index (Phi) is 4.59. The number of aliphatic hydroxyl groups is 1. The molecule has 16 heavy (non-hydrogen) atoms. The van der Waals surface area contributed by atoms with E-state index in [0.29, 0.717) is 0 Å². The number of guanidine groups is 1. The Morgan fingerprint density at radius 1 is 1.50 bits per heavy atom. The number of nitrogens with one attached hydrogen (secondary N) is 2. The van der Waals surface area contributed by atoms with Gasteiger partial charge in [-0.05, 0) is 12.3 Å². The van der Waals surface area contributed by atoms with Gasteiger partial charge in [-0.1, -0.05) is 27.7 Å². The Bertz CT molecular complexity index is 249. The van der Waals surface area contributed by atoms with E-state index in [4.69, 9.17) is 0 Å². The molecule has 0 bridgehead atoms. The van der Waals surface area contributed by atoms with Crippen molar-refractivity contribution < 1.29 is 5.11 Å². The number of aliphatic imine (C=N–C) groups is 1. The van der Waals surface area contributed by atoms with E-state index < -0.39 is 0 Å². The highest BCUT2D eigenvalue weighted by atomic mass is 16.3. The third kappa shape index (κ3) is 3.67. The normalized spacial score (nSPS) is 19.0. The van der Waals surface area contributed by atoms with Crippen LogP contribution < -0.4 is 10.6 Å². The van der Waals surface area contributed by atoms with Gasteiger partial charge in [0, 0.05) is 25.0 Å². The fourth-order valence-electron chi connectivity index (χ4n) is 1.97. The maximum atomic E-state index is 10.1. The summed E-state index contributed by atoms with van der Waals surface area (Å²) in [4.78, 5) is 4.35. The predicted octanol–water partition coefficient (Wildman–Crippen LogP) is 0.968. The SMILES string of the molecule is CC(C)C(O)C(C)(C)CNC1=NCCCN1. The highest BCUT2D eigenvalue weighted by molar-refractivity contribution is 5.80. The number of rotatable bonds is 4. The van der Waals surface area contributed by atoms with Crippen molar-refractivity contribution in [3.8, 4) is 0 Å². The van der Waals surface area contributed by atoms with E-state index in [0.717, 1.165) is 32.0 Å². The van der Waals surface area contributed by atoms with Crippen LogP contribution in [0.5, 0.6) is 0 Å². The molecular weight excluding hydrogens is 202 g/mol. The molecule has 0 aliphatic carbocycles. The summed E-state index contributed by atoms with van der Waals surface area (Å²) in [6, 6.07) is 0. The van der Waals surface area contributed by atoms with Crippen LogP contribution in [0.2, 0.25) is 0 Å². The average molecular weight is 227 g/mol. The average Bonchev–Trinajstić information content (AvgIpc) is 2.27. The summed E-state index contributed by atoms with van der Waals surface area (Å²) < 4.78 is 0. The van der Waals surface area contributed by atoms with Gasteiger partial charge >= 0.3 is 0 Å². The van der Waals surface area contributed by atoms with Gasteiger partial charge in [-0.3, -0.25) is 4.99 Å². The van der Waals surface area contributed by atoms with Gasteiger partial charge in [-0.15, -0.1) is 0 Å². The van der Waals surface area contributed by atoms with Gasteiger partial charge in [0.1, 0.15) is 0 Å². The van der Waals surface area contributed by atoms with Crippen molar-refractivity contribution in [2.45, 2.75) is 40.2 Å². The van der Waals surface area contributed by atoms with Crippen LogP contribution in [0.15, 0.2) is 4.99 Å². The first kappa shape index (κ1) is 13.3. The minimum absolute atomic E-state index is 0.143. The summed E-state index contributed by atoms with van der Waals surface area (Å²) in [5.41, 5.74) is -0.143. The maximum Gasteiger partial charge on any atom is 0.191 e. The van der Waals surface area contributed by atoms with E-state index in [-0.39, 0.29) is 17.4 Å². The molecule has 0 saturated carbocycles. The number of hydrogen-bond donors (Lipinski definition) is 3. The summed E-state index contributed by atoms with van der Waals surface area (Å²) in [6.07, 6.45) is 0.799. The fourth-order valence-corrected chi connectivity index (χ4v) is 1.97. The first-order chi connectivity index (χ1) is 7.43. The standard InChI is InChI=1S/C12H25N3O/c1-9(2)10(16)12(3,4)8-15-11-13-6-5-7-14-11/h9-10,16H,5-8H2,1-4H3,(H2,13,14,15). The van der Waals surface area contributed by atoms with Crippen LogP contribution >= 0.6 is 0 Å². The van der Waals surface area contributed by atoms with Crippen LogP contribution in [0.4, 0.5) is 0 Å². The van der Waals surface area contributed by atoms with Gasteiger partial charge in [0.15, 0.2) is 5.96 Å². The molecule has 0 aromatic carbocycles. The molecule has 0 amide bonds. The highest BCUT2D eigenvalue weighted by Gasteiger charge is 2.30. The molecule has 1 unspecified atom stereocenters. The third-order valence-corrected chi connectivity index (χ3v) is 3.04. The largest absolute Gasteiger partial charge is 0.392 e. The maximum absolute atomic E-state index is 10.1. The zero-order valence-electron chi connectivity index (χ0n) is 10.9. The van der Waals surface area contributed by atoms with Crippen LogP contribution in [0.3, 0.4) is 0 Å². The lowest BCUT2D eigenvalue weighted by Crippen LogP contribution is -2.48. The molecule has 0 aromatic rings. The zero-order valence-corrected chi connectivity index (χ0v) is 10.9. The minimum atomic E-state index is -0.302. The summed E-state index contributed by atoms with van der Waals surface area (Å²) in [5.74, 6) is 1.15. The molecule has 94 valence electrons. The van der Waals surface area contributed by atoms with Crippen molar-refractivity contribution in [2.24, 2.45) is 16.3 Å². The fraction of sp³-hybridized carbons (Fsp3) is 0.917. The van der Waals surface area contributed by atoms with Crippen LogP contribution in [0.25, 0.3) is 0 Å². The Hall–Kier alpha value is -0.770. The highest BCUT2D eigenvalue weighted by Crippen LogP contribution is 2.24. The van der Waals surface area contributed by atoms with Crippen molar-refractivity contribution in [3.63, 3.8) is 0 Å². The lowest BCUT2D eigenvalue weighted by Gasteiger charge is -2.34. The smallest absolute Gasteiger partial charge is 0.191 e. The molecule has 1 heterocycles. The molecule has 0 aromatic heterocycles. The Morgan fingerprint density at radius 3 is 2.69 bits per heavy atom. The van der Waals surface area contributed by atoms with Crippen LogP contribution in [0, 0.1) is 11.3 Å². The number of nitrogens with zero attached hydrogens (tertiary/aromatic N) is 1. The topological polar surface area (TPSA) is 56.6 Å². The molecule has 3 N–H and O–H groups in total. The van der Waals surface area contributed by atoms with E-state index in [1.807, 2.05) is 13.8 Å². The Morgan fingerprint density at radius 2 is 2.19 bits per heavy atom. The molecule has 4 heteroatoms. The van der Waals surface area contributed by atoms with Gasteiger partial charge < -0.3 is 15.7 Å². The molecule has 1 aliphatic heterocycles. The van der Waals surface area contributed by atoms with Crippen LogP contribution in [0.1, 0.15) is 34.1 Å². The van der Waals surface area contributed by atoms with Crippen molar-refractivity contribution in [1.29, 1.82) is 0 Å². The minimum Gasteiger partial charge on any atom is -0.392 e. The molecule has 0 spiro atoms. The van der Waals surface area contributed by atoms with Crippen LogP contribution in [-0.2, 0) is 0 Å². The van der Waals surface area contributed by atoms with Gasteiger partial charge in [0.25, 0.3) is 0 Å². The van der Waals surface area contributed by atoms with Crippen molar-refractivity contribution >= 4 is 5.96 Å². The van der Waals surface area contributed by atoms with E-state index in [2.05, 4.69) is 29.5 Å². The van der Waals surface area contributed by atoms with Gasteiger partial charge in [0.05, 0.1) is 6.10 Å².